The fourth-order valence-corrected chi connectivity index (χ4v) is 10.0. The number of β-amino-alcohol motifs (C(OH)–C–C–N with tert-alkyl or cyclic N) is 1. The Balaban J connectivity index is 0.910. The zero-order chi connectivity index (χ0) is 42.3. The second-order valence-corrected chi connectivity index (χ2v) is 18.3. The molecule has 4 N–H and O–H groups in total. The maximum Gasteiger partial charge on any atom is 0.421 e. The predicted octanol–water partition coefficient (Wildman–Crippen LogP) is 5.51. The number of anilines is 4. The highest BCUT2D eigenvalue weighted by Gasteiger charge is 2.40. The molecule has 0 radical (unpaired) electrons. The van der Waals surface area contributed by atoms with Crippen LogP contribution in [0.25, 0.3) is 0 Å². The molecule has 7 rings (SSSR count). The first-order valence-electron chi connectivity index (χ1n) is 19.6. The molecule has 1 unspecified atom stereocenters. The number of sulfonamides is 1. The molecule has 4 saturated heterocycles. The van der Waals surface area contributed by atoms with Crippen molar-refractivity contribution in [3.8, 4) is 0 Å². The highest BCUT2D eigenvalue weighted by Crippen LogP contribution is 2.39. The van der Waals surface area contributed by atoms with Gasteiger partial charge in [-0.05, 0) is 93.8 Å². The number of amides is 2. The molecule has 4 atom stereocenters. The van der Waals surface area contributed by atoms with E-state index in [1.54, 1.807) is 19.1 Å². The number of hydrogen-bond donors (Lipinski definition) is 4. The van der Waals surface area contributed by atoms with E-state index in [4.69, 9.17) is 11.6 Å². The van der Waals surface area contributed by atoms with E-state index in [0.717, 1.165) is 18.9 Å². The van der Waals surface area contributed by atoms with Crippen LogP contribution in [0.4, 0.5) is 45.1 Å². The molecule has 320 valence electrons. The number of carbonyl (C=O) groups excluding carboxylic acids is 2. The molecule has 0 aliphatic carbocycles. The van der Waals surface area contributed by atoms with Crippen LogP contribution in [0.2, 0.25) is 5.02 Å². The number of benzene rings is 2. The number of aliphatic hydroxyl groups is 1. The van der Waals surface area contributed by atoms with Crippen molar-refractivity contribution in [3.63, 3.8) is 0 Å². The predicted molar refractivity (Wildman–Crippen MR) is 210 cm³/mol. The molecule has 0 saturated carbocycles. The Hall–Kier alpha value is -4.17. The third kappa shape index (κ3) is 10.1. The Labute approximate surface area is 343 Å². The van der Waals surface area contributed by atoms with Gasteiger partial charge in [-0.3, -0.25) is 14.9 Å². The van der Waals surface area contributed by atoms with Gasteiger partial charge in [-0.25, -0.2) is 26.9 Å². The first-order valence-corrected chi connectivity index (χ1v) is 21.5. The number of hydrogen-bond acceptors (Lipinski definition) is 11. The SMILES string of the molecule is C[C@]1(O)CCCN(c2nc(Nc3ccc(S(=O)(=O)N[C@@H]4CCN(CC5CCN(c6ccc(C7CCC(=O)NC7=O)cc6F)CC5)C[C@@H]4F)cc3Cl)ncc2C(F)(F)F)C1. The maximum atomic E-state index is 15.5. The third-order valence-corrected chi connectivity index (χ3v) is 13.4. The number of piperidine rings is 4. The number of halogens is 6. The van der Waals surface area contributed by atoms with Gasteiger partial charge >= 0.3 is 6.18 Å². The molecule has 13 nitrogen and oxygen atoms in total. The van der Waals surface area contributed by atoms with Crippen LogP contribution in [0.5, 0.6) is 0 Å². The fourth-order valence-electron chi connectivity index (χ4n) is 8.42. The Kier molecular flexibility index (Phi) is 12.4. The van der Waals surface area contributed by atoms with Gasteiger partial charge in [0.2, 0.25) is 27.8 Å². The molecular formula is C39H46ClF5N8O5S. The van der Waals surface area contributed by atoms with Gasteiger partial charge in [-0.15, -0.1) is 0 Å². The van der Waals surface area contributed by atoms with E-state index in [1.165, 1.54) is 23.1 Å². The molecule has 4 fully saturated rings. The van der Waals surface area contributed by atoms with E-state index < -0.39 is 63.0 Å². The van der Waals surface area contributed by atoms with Gasteiger partial charge in [-0.2, -0.15) is 18.2 Å². The van der Waals surface area contributed by atoms with E-state index >= 15 is 8.78 Å². The number of nitrogens with one attached hydrogen (secondary N) is 3. The number of imide groups is 1. The number of nitrogens with zero attached hydrogens (tertiary/aromatic N) is 5. The number of aromatic nitrogens is 2. The summed E-state index contributed by atoms with van der Waals surface area (Å²) in [5.41, 5.74) is -1.18. The maximum absolute atomic E-state index is 15.5. The quantitative estimate of drug-likeness (QED) is 0.150. The molecule has 5 heterocycles. The van der Waals surface area contributed by atoms with Gasteiger partial charge in [0.05, 0.1) is 38.9 Å². The molecule has 2 amide bonds. The summed E-state index contributed by atoms with van der Waals surface area (Å²) in [4.78, 5) is 36.7. The minimum absolute atomic E-state index is 0.0253. The van der Waals surface area contributed by atoms with Crippen LogP contribution in [-0.2, 0) is 25.8 Å². The van der Waals surface area contributed by atoms with Crippen molar-refractivity contribution in [1.29, 1.82) is 0 Å². The molecule has 20 heteroatoms. The number of alkyl halides is 4. The molecule has 4 aliphatic heterocycles. The third-order valence-electron chi connectivity index (χ3n) is 11.6. The molecule has 4 aliphatic rings. The van der Waals surface area contributed by atoms with Crippen molar-refractivity contribution in [3.05, 3.63) is 64.6 Å². The second-order valence-electron chi connectivity index (χ2n) is 16.2. The van der Waals surface area contributed by atoms with Crippen LogP contribution in [0.15, 0.2) is 47.5 Å². The van der Waals surface area contributed by atoms with Crippen LogP contribution in [0, 0.1) is 11.7 Å². The Morgan fingerprint density at radius 2 is 1.80 bits per heavy atom. The van der Waals surface area contributed by atoms with Gasteiger partial charge < -0.3 is 25.1 Å². The molecule has 2 aromatic carbocycles. The first kappa shape index (κ1) is 42.9. The van der Waals surface area contributed by atoms with Crippen LogP contribution in [0.1, 0.15) is 68.9 Å². The summed E-state index contributed by atoms with van der Waals surface area (Å²) in [6, 6.07) is 7.47. The largest absolute Gasteiger partial charge is 0.421 e. The van der Waals surface area contributed by atoms with Crippen molar-refractivity contribution >= 4 is 56.6 Å². The topological polar surface area (TPSA) is 160 Å². The highest BCUT2D eigenvalue weighted by molar-refractivity contribution is 7.89. The lowest BCUT2D eigenvalue weighted by molar-refractivity contribution is -0.138. The van der Waals surface area contributed by atoms with Crippen molar-refractivity contribution < 1.29 is 45.1 Å². The van der Waals surface area contributed by atoms with Gasteiger partial charge in [0, 0.05) is 51.9 Å². The smallest absolute Gasteiger partial charge is 0.388 e. The van der Waals surface area contributed by atoms with Gasteiger partial charge in [0.15, 0.2) is 0 Å². The Morgan fingerprint density at radius 3 is 2.46 bits per heavy atom. The second kappa shape index (κ2) is 17.1. The van der Waals surface area contributed by atoms with Crippen molar-refractivity contribution in [2.24, 2.45) is 5.92 Å². The normalized spacial score (nSPS) is 25.3. The number of rotatable bonds is 10. The minimum atomic E-state index is -4.76. The zero-order valence-corrected chi connectivity index (χ0v) is 33.8. The Morgan fingerprint density at radius 1 is 1.03 bits per heavy atom. The number of likely N-dealkylation sites (tertiary alicyclic amines) is 1. The molecule has 3 aromatic rings. The van der Waals surface area contributed by atoms with Crippen LogP contribution >= 0.6 is 11.6 Å². The van der Waals surface area contributed by atoms with E-state index in [-0.39, 0.29) is 65.9 Å². The average Bonchev–Trinajstić information content (AvgIpc) is 3.16. The van der Waals surface area contributed by atoms with Crippen LogP contribution < -0.4 is 25.2 Å². The van der Waals surface area contributed by atoms with Crippen LogP contribution in [-0.4, -0.2) is 104 Å². The Bertz CT molecular complexity index is 2170. The monoisotopic (exact) mass is 868 g/mol. The summed E-state index contributed by atoms with van der Waals surface area (Å²) in [6.45, 7) is 3.99. The van der Waals surface area contributed by atoms with Gasteiger partial charge in [-0.1, -0.05) is 17.7 Å². The molecule has 1 aromatic heterocycles. The molecule has 59 heavy (non-hydrogen) atoms. The summed E-state index contributed by atoms with van der Waals surface area (Å²) in [7, 11) is -4.23. The highest BCUT2D eigenvalue weighted by atomic mass is 35.5. The minimum Gasteiger partial charge on any atom is -0.388 e. The van der Waals surface area contributed by atoms with E-state index in [1.807, 2.05) is 9.80 Å². The average molecular weight is 869 g/mol. The summed E-state index contributed by atoms with van der Waals surface area (Å²) in [5.74, 6) is -2.16. The summed E-state index contributed by atoms with van der Waals surface area (Å²) < 4.78 is 102. The van der Waals surface area contributed by atoms with Crippen molar-refractivity contribution in [1.82, 2.24) is 24.9 Å². The van der Waals surface area contributed by atoms with Crippen molar-refractivity contribution in [2.45, 2.75) is 86.7 Å². The summed E-state index contributed by atoms with van der Waals surface area (Å²) >= 11 is 6.44. The van der Waals surface area contributed by atoms with Crippen LogP contribution in [0.3, 0.4) is 0 Å². The molecule has 0 spiro atoms. The lowest BCUT2D eigenvalue weighted by Gasteiger charge is -2.39. The van der Waals surface area contributed by atoms with Crippen molar-refractivity contribution in [2.75, 3.05) is 60.9 Å². The van der Waals surface area contributed by atoms with E-state index in [2.05, 4.69) is 25.3 Å². The first-order chi connectivity index (χ1) is 27.8. The molecule has 0 bridgehead atoms. The summed E-state index contributed by atoms with van der Waals surface area (Å²) in [6.07, 6.45) is -2.48. The van der Waals surface area contributed by atoms with Gasteiger partial charge in [0.1, 0.15) is 23.4 Å². The molecular weight excluding hydrogens is 823 g/mol. The fraction of sp³-hybridized carbons (Fsp3) is 0.538. The number of carbonyl (C=O) groups is 2. The summed E-state index contributed by atoms with van der Waals surface area (Å²) in [5, 5.41) is 15.5. The zero-order valence-electron chi connectivity index (χ0n) is 32.2. The van der Waals surface area contributed by atoms with E-state index in [0.29, 0.717) is 62.9 Å². The standard InChI is InChI=1S/C39H46ClF5N8O5S/c1-38(56)12-2-13-53(22-38)35-27(39(43,44)45)19-46-37(49-35)47-31-6-4-25(18-28(31)40)59(57,58)50-32-11-14-51(21-30(32)42)20-23-9-15-52(16-10-23)33-7-3-24(17-29(33)41)26-5-8-34(54)48-36(26)55/h3-4,6-7,17-19,23,26,30,32,50,56H,2,5,8-16,20-22H2,1H3,(H,46,47,49)(H,48,54,55)/t26?,30-,32+,38-/m0/s1. The van der Waals surface area contributed by atoms with Gasteiger partial charge in [0.25, 0.3) is 0 Å². The lowest BCUT2D eigenvalue weighted by atomic mass is 9.90. The van der Waals surface area contributed by atoms with E-state index in [9.17, 15) is 36.3 Å². The lowest BCUT2D eigenvalue weighted by Crippen LogP contribution is -2.53.